The first kappa shape index (κ1) is 25.9. The van der Waals surface area contributed by atoms with Gasteiger partial charge in [0.05, 0.1) is 24.1 Å². The summed E-state index contributed by atoms with van der Waals surface area (Å²) in [6.45, 7) is 0.283. The number of fused-ring (bicyclic) bond motifs is 1. The minimum absolute atomic E-state index is 0.153. The molecule has 0 saturated carbocycles. The van der Waals surface area contributed by atoms with Crippen molar-refractivity contribution in [2.24, 2.45) is 0 Å². The number of benzene rings is 2. The van der Waals surface area contributed by atoms with Crippen LogP contribution in [0.1, 0.15) is 21.7 Å². The molecule has 4 aromatic rings. The number of halogens is 3. The van der Waals surface area contributed by atoms with Crippen LogP contribution in [0.2, 0.25) is 0 Å². The van der Waals surface area contributed by atoms with Gasteiger partial charge in [-0.15, -0.1) is 10.2 Å². The van der Waals surface area contributed by atoms with E-state index in [1.807, 2.05) is 0 Å². The summed E-state index contributed by atoms with van der Waals surface area (Å²) in [5.74, 6) is 0.138. The van der Waals surface area contributed by atoms with Crippen molar-refractivity contribution in [2.75, 3.05) is 24.7 Å². The Morgan fingerprint density at radius 1 is 1.03 bits per heavy atom. The highest BCUT2D eigenvalue weighted by Crippen LogP contribution is 2.34. The summed E-state index contributed by atoms with van der Waals surface area (Å²) in [5, 5.41) is 18.1. The number of amides is 2. The number of carbonyl (C=O) groups is 2. The van der Waals surface area contributed by atoms with E-state index in [-0.39, 0.29) is 23.9 Å². The fraction of sp³-hybridized carbons (Fsp3) is 0.208. The predicted molar refractivity (Wildman–Crippen MR) is 131 cm³/mol. The quantitative estimate of drug-likeness (QED) is 0.316. The van der Waals surface area contributed by atoms with Gasteiger partial charge in [0.1, 0.15) is 10.8 Å². The number of para-hydroxylation sites is 1. The van der Waals surface area contributed by atoms with Crippen LogP contribution in [0.15, 0.2) is 65.7 Å². The van der Waals surface area contributed by atoms with Crippen molar-refractivity contribution >= 4 is 34.9 Å². The molecule has 37 heavy (non-hydrogen) atoms. The molecule has 4 rings (SSSR count). The molecule has 13 heteroatoms. The van der Waals surface area contributed by atoms with E-state index in [9.17, 15) is 22.8 Å². The first-order chi connectivity index (χ1) is 17.7. The van der Waals surface area contributed by atoms with E-state index < -0.39 is 17.6 Å². The van der Waals surface area contributed by atoms with Crippen LogP contribution in [0.3, 0.4) is 0 Å². The molecule has 2 amide bonds. The van der Waals surface area contributed by atoms with Gasteiger partial charge < -0.3 is 15.4 Å². The molecule has 0 bridgehead atoms. The van der Waals surface area contributed by atoms with E-state index in [4.69, 9.17) is 4.74 Å². The van der Waals surface area contributed by atoms with Gasteiger partial charge in [0.25, 0.3) is 5.91 Å². The molecule has 0 aliphatic rings. The highest BCUT2D eigenvalue weighted by Gasteiger charge is 2.33. The fourth-order valence-electron chi connectivity index (χ4n) is 3.35. The zero-order chi connectivity index (χ0) is 26.4. The van der Waals surface area contributed by atoms with Crippen LogP contribution in [0.4, 0.5) is 18.9 Å². The number of methoxy groups -OCH3 is 1. The summed E-state index contributed by atoms with van der Waals surface area (Å²) in [6.07, 6.45) is -4.23. The van der Waals surface area contributed by atoms with Crippen molar-refractivity contribution in [3.63, 3.8) is 0 Å². The van der Waals surface area contributed by atoms with Crippen molar-refractivity contribution in [3.05, 3.63) is 77.6 Å². The lowest BCUT2D eigenvalue weighted by Gasteiger charge is -2.13. The maximum absolute atomic E-state index is 13.1. The van der Waals surface area contributed by atoms with Crippen LogP contribution in [0.25, 0.3) is 5.65 Å². The monoisotopic (exact) mass is 530 g/mol. The Morgan fingerprint density at radius 3 is 2.51 bits per heavy atom. The van der Waals surface area contributed by atoms with Gasteiger partial charge in [0, 0.05) is 18.5 Å². The Kier molecular flexibility index (Phi) is 7.92. The summed E-state index contributed by atoms with van der Waals surface area (Å²) in [4.78, 5) is 24.6. The zero-order valence-corrected chi connectivity index (χ0v) is 20.3. The van der Waals surface area contributed by atoms with E-state index in [0.29, 0.717) is 34.2 Å². The molecule has 0 unspecified atom stereocenters. The lowest BCUT2D eigenvalue weighted by Crippen LogP contribution is -2.26. The summed E-state index contributed by atoms with van der Waals surface area (Å²) >= 11 is 1.06. The third kappa shape index (κ3) is 6.55. The molecule has 192 valence electrons. The van der Waals surface area contributed by atoms with Crippen molar-refractivity contribution in [3.8, 4) is 5.75 Å². The van der Waals surface area contributed by atoms with Crippen LogP contribution in [0.5, 0.6) is 5.75 Å². The van der Waals surface area contributed by atoms with Crippen LogP contribution in [0, 0.1) is 0 Å². The molecular formula is C24H21F3N6O3S. The first-order valence-electron chi connectivity index (χ1n) is 11.0. The number of ether oxygens (including phenoxy) is 1. The first-order valence-corrected chi connectivity index (χ1v) is 12.0. The SMILES string of the molecule is COc1ccc(C(=O)NCCc2nnc3ccc(SCC(=O)Nc4ccccc4C(F)(F)F)nn23)cc1. The molecule has 0 atom stereocenters. The lowest BCUT2D eigenvalue weighted by molar-refractivity contribution is -0.137. The van der Waals surface area contributed by atoms with Gasteiger partial charge >= 0.3 is 6.18 Å². The molecule has 2 aromatic heterocycles. The third-order valence-electron chi connectivity index (χ3n) is 5.15. The molecule has 0 radical (unpaired) electrons. The smallest absolute Gasteiger partial charge is 0.418 e. The molecule has 0 saturated heterocycles. The van der Waals surface area contributed by atoms with Gasteiger partial charge in [-0.2, -0.15) is 22.8 Å². The molecule has 2 aromatic carbocycles. The largest absolute Gasteiger partial charge is 0.497 e. The van der Waals surface area contributed by atoms with Crippen LogP contribution >= 0.6 is 11.8 Å². The van der Waals surface area contributed by atoms with E-state index in [2.05, 4.69) is 25.9 Å². The summed E-state index contributed by atoms with van der Waals surface area (Å²) in [5.41, 5.74) is -0.257. The number of thioether (sulfide) groups is 1. The number of alkyl halides is 3. The van der Waals surface area contributed by atoms with E-state index in [1.165, 1.54) is 22.7 Å². The number of aromatic nitrogens is 4. The number of nitrogens with one attached hydrogen (secondary N) is 2. The molecule has 0 spiro atoms. The average molecular weight is 531 g/mol. The second-order valence-electron chi connectivity index (χ2n) is 7.67. The third-order valence-corrected chi connectivity index (χ3v) is 6.07. The van der Waals surface area contributed by atoms with Gasteiger partial charge in [0.2, 0.25) is 5.91 Å². The average Bonchev–Trinajstić information content (AvgIpc) is 3.29. The highest BCUT2D eigenvalue weighted by atomic mass is 32.2. The number of anilines is 1. The molecule has 0 fully saturated rings. The van der Waals surface area contributed by atoms with Crippen LogP contribution in [-0.4, -0.2) is 51.0 Å². The number of rotatable bonds is 9. The Bertz CT molecular complexity index is 1410. The summed E-state index contributed by atoms with van der Waals surface area (Å²) in [6, 6.07) is 14.8. The second kappa shape index (κ2) is 11.3. The summed E-state index contributed by atoms with van der Waals surface area (Å²) in [7, 11) is 1.54. The molecule has 9 nitrogen and oxygen atoms in total. The molecule has 0 aliphatic carbocycles. The van der Waals surface area contributed by atoms with Gasteiger partial charge in [0.15, 0.2) is 11.5 Å². The Morgan fingerprint density at radius 2 is 1.78 bits per heavy atom. The Labute approximate surface area is 213 Å². The molecular weight excluding hydrogens is 509 g/mol. The number of nitrogens with zero attached hydrogens (tertiary/aromatic N) is 4. The highest BCUT2D eigenvalue weighted by molar-refractivity contribution is 7.99. The Hall–Kier alpha value is -4.13. The van der Waals surface area contributed by atoms with Crippen molar-refractivity contribution in [1.82, 2.24) is 25.1 Å². The summed E-state index contributed by atoms with van der Waals surface area (Å²) < 4.78 is 46.0. The minimum atomic E-state index is -4.58. The maximum Gasteiger partial charge on any atom is 0.418 e. The van der Waals surface area contributed by atoms with E-state index in [0.717, 1.165) is 17.8 Å². The van der Waals surface area contributed by atoms with E-state index in [1.54, 1.807) is 43.5 Å². The molecule has 0 aliphatic heterocycles. The molecule has 2 heterocycles. The maximum atomic E-state index is 13.1. The minimum Gasteiger partial charge on any atom is -0.497 e. The number of hydrogen-bond donors (Lipinski definition) is 2. The fourth-order valence-corrected chi connectivity index (χ4v) is 4.00. The van der Waals surface area contributed by atoms with Crippen molar-refractivity contribution in [2.45, 2.75) is 17.6 Å². The van der Waals surface area contributed by atoms with Gasteiger partial charge in [-0.1, -0.05) is 23.9 Å². The van der Waals surface area contributed by atoms with E-state index >= 15 is 0 Å². The standard InChI is InChI=1S/C24H21F3N6O3S/c1-36-16-8-6-15(7-9-16)23(35)28-13-12-20-31-30-19-10-11-22(32-33(19)20)37-14-21(34)29-18-5-3-2-4-17(18)24(25,26)27/h2-11H,12-14H2,1H3,(H,28,35)(H,29,34). The van der Waals surface area contributed by atoms with Crippen molar-refractivity contribution < 1.29 is 27.5 Å². The topological polar surface area (TPSA) is 111 Å². The lowest BCUT2D eigenvalue weighted by atomic mass is 10.1. The van der Waals surface area contributed by atoms with Gasteiger partial charge in [-0.05, 0) is 48.5 Å². The van der Waals surface area contributed by atoms with Gasteiger partial charge in [-0.25, -0.2) is 0 Å². The molecule has 2 N–H and O–H groups in total. The van der Waals surface area contributed by atoms with Crippen molar-refractivity contribution in [1.29, 1.82) is 0 Å². The Balaban J connectivity index is 1.34. The van der Waals surface area contributed by atoms with Crippen LogP contribution in [-0.2, 0) is 17.4 Å². The number of hydrogen-bond acceptors (Lipinski definition) is 7. The second-order valence-corrected chi connectivity index (χ2v) is 8.67. The normalized spacial score (nSPS) is 11.4. The predicted octanol–water partition coefficient (Wildman–Crippen LogP) is 3.86. The van der Waals surface area contributed by atoms with Gasteiger partial charge in [-0.3, -0.25) is 9.59 Å². The zero-order valence-electron chi connectivity index (χ0n) is 19.5. The number of carbonyl (C=O) groups excluding carboxylic acids is 2. The van der Waals surface area contributed by atoms with Crippen LogP contribution < -0.4 is 15.4 Å².